The minimum atomic E-state index is -0.324. The molecule has 0 spiro atoms. The Morgan fingerprint density at radius 1 is 1.58 bits per heavy atom. The number of rotatable bonds is 2. The molecule has 0 aliphatic rings. The maximum atomic E-state index is 10.8. The van der Waals surface area contributed by atoms with Crippen LogP contribution in [0, 0.1) is 5.92 Å². The van der Waals surface area contributed by atoms with Crippen LogP contribution in [0.15, 0.2) is 23.3 Å². The summed E-state index contributed by atoms with van der Waals surface area (Å²) in [6.07, 6.45) is 3.14. The molecule has 1 rings (SSSR count). The van der Waals surface area contributed by atoms with Gasteiger partial charge in [0.2, 0.25) is 5.43 Å². The first-order valence-electron chi connectivity index (χ1n) is 3.98. The molecule has 0 aromatic carbocycles. The monoisotopic (exact) mass is 167 g/mol. The summed E-state index contributed by atoms with van der Waals surface area (Å²) in [5, 5.41) is 9.08. The fourth-order valence-electron chi connectivity index (χ4n) is 1.05. The lowest BCUT2D eigenvalue weighted by Gasteiger charge is -2.08. The van der Waals surface area contributed by atoms with Crippen LogP contribution >= 0.6 is 0 Å². The zero-order valence-corrected chi connectivity index (χ0v) is 7.32. The van der Waals surface area contributed by atoms with Gasteiger partial charge in [-0.3, -0.25) is 4.79 Å². The first-order chi connectivity index (χ1) is 5.59. The summed E-state index contributed by atoms with van der Waals surface area (Å²) in [6.45, 7) is 4.97. The molecule has 0 saturated heterocycles. The lowest BCUT2D eigenvalue weighted by molar-refractivity contribution is 0.450. The summed E-state index contributed by atoms with van der Waals surface area (Å²) in [7, 11) is 0. The number of hydrogen-bond donors (Lipinski definition) is 1. The van der Waals surface area contributed by atoms with Gasteiger partial charge in [-0.2, -0.15) is 0 Å². The third-order valence-electron chi connectivity index (χ3n) is 1.53. The van der Waals surface area contributed by atoms with Gasteiger partial charge in [0.15, 0.2) is 5.75 Å². The SMILES string of the molecule is CC(C)Cn1ccc(=O)c(O)c1. The van der Waals surface area contributed by atoms with Crippen molar-refractivity contribution in [3.05, 3.63) is 28.7 Å². The molecule has 0 radical (unpaired) electrons. The smallest absolute Gasteiger partial charge is 0.223 e. The van der Waals surface area contributed by atoms with E-state index in [9.17, 15) is 4.79 Å². The van der Waals surface area contributed by atoms with Crippen LogP contribution < -0.4 is 5.43 Å². The molecule has 0 aliphatic carbocycles. The second-order valence-corrected chi connectivity index (χ2v) is 3.28. The molecule has 0 saturated carbocycles. The second kappa shape index (κ2) is 3.43. The summed E-state index contributed by atoms with van der Waals surface area (Å²) < 4.78 is 1.81. The quantitative estimate of drug-likeness (QED) is 0.719. The van der Waals surface area contributed by atoms with E-state index in [1.165, 1.54) is 12.3 Å². The van der Waals surface area contributed by atoms with E-state index in [1.54, 1.807) is 10.8 Å². The van der Waals surface area contributed by atoms with Crippen LogP contribution in [0.1, 0.15) is 13.8 Å². The van der Waals surface area contributed by atoms with Crippen LogP contribution in [0.5, 0.6) is 5.75 Å². The van der Waals surface area contributed by atoms with E-state index in [1.807, 2.05) is 0 Å². The number of aromatic nitrogens is 1. The third-order valence-corrected chi connectivity index (χ3v) is 1.53. The minimum Gasteiger partial charge on any atom is -0.503 e. The Kier molecular flexibility index (Phi) is 2.53. The van der Waals surface area contributed by atoms with Crippen molar-refractivity contribution < 1.29 is 5.11 Å². The van der Waals surface area contributed by atoms with Crippen LogP contribution in [0.4, 0.5) is 0 Å². The predicted molar refractivity (Wildman–Crippen MR) is 47.2 cm³/mol. The fourth-order valence-corrected chi connectivity index (χ4v) is 1.05. The highest BCUT2D eigenvalue weighted by atomic mass is 16.3. The highest BCUT2D eigenvalue weighted by Crippen LogP contribution is 2.02. The third kappa shape index (κ3) is 2.12. The van der Waals surface area contributed by atoms with E-state index in [2.05, 4.69) is 13.8 Å². The van der Waals surface area contributed by atoms with Gasteiger partial charge >= 0.3 is 0 Å². The maximum absolute atomic E-state index is 10.8. The van der Waals surface area contributed by atoms with Crippen molar-refractivity contribution in [3.63, 3.8) is 0 Å². The zero-order chi connectivity index (χ0) is 9.14. The van der Waals surface area contributed by atoms with Crippen molar-refractivity contribution in [1.29, 1.82) is 0 Å². The van der Waals surface area contributed by atoms with Crippen LogP contribution in [0.3, 0.4) is 0 Å². The van der Waals surface area contributed by atoms with Crippen LogP contribution in [0.25, 0.3) is 0 Å². The van der Waals surface area contributed by atoms with Crippen molar-refractivity contribution in [1.82, 2.24) is 4.57 Å². The lowest BCUT2D eigenvalue weighted by atomic mass is 10.2. The molecule has 3 heteroatoms. The Morgan fingerprint density at radius 3 is 2.75 bits per heavy atom. The molecule has 1 heterocycles. The maximum Gasteiger partial charge on any atom is 0.223 e. The molecule has 0 amide bonds. The van der Waals surface area contributed by atoms with Gasteiger partial charge in [-0.15, -0.1) is 0 Å². The molecule has 0 fully saturated rings. The number of aromatic hydroxyl groups is 1. The second-order valence-electron chi connectivity index (χ2n) is 3.28. The van der Waals surface area contributed by atoms with Crippen molar-refractivity contribution >= 4 is 0 Å². The van der Waals surface area contributed by atoms with Gasteiger partial charge in [0.25, 0.3) is 0 Å². The molecule has 1 N–H and O–H groups in total. The first kappa shape index (κ1) is 8.84. The molecule has 3 nitrogen and oxygen atoms in total. The van der Waals surface area contributed by atoms with Gasteiger partial charge in [-0.25, -0.2) is 0 Å². The largest absolute Gasteiger partial charge is 0.503 e. The van der Waals surface area contributed by atoms with Crippen molar-refractivity contribution in [2.24, 2.45) is 5.92 Å². The molecule has 12 heavy (non-hydrogen) atoms. The molecule has 0 atom stereocenters. The summed E-state index contributed by atoms with van der Waals surface area (Å²) in [5.41, 5.74) is -0.324. The van der Waals surface area contributed by atoms with Crippen molar-refractivity contribution in [3.8, 4) is 5.75 Å². The topological polar surface area (TPSA) is 42.2 Å². The standard InChI is InChI=1S/C9H13NO2/c1-7(2)5-10-4-3-8(11)9(12)6-10/h3-4,6-7,12H,5H2,1-2H3. The average molecular weight is 167 g/mol. The van der Waals surface area contributed by atoms with Gasteiger partial charge in [-0.1, -0.05) is 13.8 Å². The van der Waals surface area contributed by atoms with Crippen LogP contribution in [-0.2, 0) is 6.54 Å². The Hall–Kier alpha value is -1.25. The summed E-state index contributed by atoms with van der Waals surface area (Å²) in [5.74, 6) is 0.324. The van der Waals surface area contributed by atoms with Gasteiger partial charge in [0.1, 0.15) is 0 Å². The normalized spacial score (nSPS) is 10.6. The molecule has 0 bridgehead atoms. The van der Waals surface area contributed by atoms with E-state index in [0.717, 1.165) is 6.54 Å². The van der Waals surface area contributed by atoms with E-state index in [-0.39, 0.29) is 11.2 Å². The van der Waals surface area contributed by atoms with E-state index < -0.39 is 0 Å². The minimum absolute atomic E-state index is 0.182. The molecule has 66 valence electrons. The Balaban J connectivity index is 2.90. The summed E-state index contributed by atoms with van der Waals surface area (Å²) >= 11 is 0. The molecule has 0 unspecified atom stereocenters. The predicted octanol–water partition coefficient (Wildman–Crippen LogP) is 1.21. The average Bonchev–Trinajstić information content (AvgIpc) is 1.96. The Bertz CT molecular complexity index is 315. The lowest BCUT2D eigenvalue weighted by Crippen LogP contribution is -2.08. The Labute approximate surface area is 71.3 Å². The van der Waals surface area contributed by atoms with E-state index in [0.29, 0.717) is 5.92 Å². The highest BCUT2D eigenvalue weighted by molar-refractivity contribution is 5.14. The van der Waals surface area contributed by atoms with Crippen molar-refractivity contribution in [2.45, 2.75) is 20.4 Å². The zero-order valence-electron chi connectivity index (χ0n) is 7.32. The van der Waals surface area contributed by atoms with Crippen molar-refractivity contribution in [2.75, 3.05) is 0 Å². The highest BCUT2D eigenvalue weighted by Gasteiger charge is 1.98. The van der Waals surface area contributed by atoms with Gasteiger partial charge in [0, 0.05) is 25.0 Å². The van der Waals surface area contributed by atoms with Crippen LogP contribution in [-0.4, -0.2) is 9.67 Å². The van der Waals surface area contributed by atoms with Gasteiger partial charge in [-0.05, 0) is 5.92 Å². The first-order valence-corrected chi connectivity index (χ1v) is 3.98. The van der Waals surface area contributed by atoms with Crippen LogP contribution in [0.2, 0.25) is 0 Å². The van der Waals surface area contributed by atoms with E-state index >= 15 is 0 Å². The number of nitrogens with zero attached hydrogens (tertiary/aromatic N) is 1. The van der Waals surface area contributed by atoms with E-state index in [4.69, 9.17) is 5.11 Å². The summed E-state index contributed by atoms with van der Waals surface area (Å²) in [4.78, 5) is 10.8. The number of hydrogen-bond acceptors (Lipinski definition) is 2. The molecule has 0 aliphatic heterocycles. The molecular formula is C9H13NO2. The molecular weight excluding hydrogens is 154 g/mol. The van der Waals surface area contributed by atoms with Gasteiger partial charge < -0.3 is 9.67 Å². The Morgan fingerprint density at radius 2 is 2.25 bits per heavy atom. The molecule has 1 aromatic heterocycles. The summed E-state index contributed by atoms with van der Waals surface area (Å²) in [6, 6.07) is 1.37. The molecule has 1 aromatic rings. The van der Waals surface area contributed by atoms with Gasteiger partial charge in [0.05, 0.1) is 0 Å². The number of pyridine rings is 1. The fraction of sp³-hybridized carbons (Fsp3) is 0.444.